The Labute approximate surface area is 214 Å². The Morgan fingerprint density at radius 3 is 2.54 bits per heavy atom. The number of hydrogen-bond donors (Lipinski definition) is 4. The first kappa shape index (κ1) is 28.6. The van der Waals surface area contributed by atoms with E-state index in [2.05, 4.69) is 46.4 Å². The number of rotatable bonds is 10. The molecule has 4 N–H and O–H groups in total. The van der Waals surface area contributed by atoms with Crippen molar-refractivity contribution < 1.29 is 20.4 Å². The monoisotopic (exact) mass is 488 g/mol. The quantitative estimate of drug-likeness (QED) is 0.275. The highest BCUT2D eigenvalue weighted by atomic mass is 16.3. The van der Waals surface area contributed by atoms with Gasteiger partial charge in [0.05, 0.1) is 23.9 Å². The third-order valence-electron chi connectivity index (χ3n) is 10.3. The topological polar surface area (TPSA) is 80.9 Å². The van der Waals surface area contributed by atoms with Gasteiger partial charge in [0.1, 0.15) is 0 Å². The molecule has 0 saturated heterocycles. The molecule has 0 amide bonds. The van der Waals surface area contributed by atoms with Gasteiger partial charge in [-0.2, -0.15) is 0 Å². The fourth-order valence-electron chi connectivity index (χ4n) is 7.55. The molecule has 200 valence electrons. The second-order valence-electron chi connectivity index (χ2n) is 12.3. The van der Waals surface area contributed by atoms with Crippen LogP contribution in [0.15, 0.2) is 35.5 Å². The van der Waals surface area contributed by atoms with E-state index in [4.69, 9.17) is 0 Å². The largest absolute Gasteiger partial charge is 0.393 e. The van der Waals surface area contributed by atoms with E-state index >= 15 is 0 Å². The Hall–Kier alpha value is -0.940. The summed E-state index contributed by atoms with van der Waals surface area (Å²) >= 11 is 0. The van der Waals surface area contributed by atoms with E-state index in [1.165, 1.54) is 31.3 Å². The molecule has 0 bridgehead atoms. The molecule has 0 aromatic heterocycles. The van der Waals surface area contributed by atoms with Crippen molar-refractivity contribution in [3.8, 4) is 0 Å². The maximum Gasteiger partial charge on any atom is 0.0811 e. The summed E-state index contributed by atoms with van der Waals surface area (Å²) in [5, 5.41) is 41.9. The van der Waals surface area contributed by atoms with Crippen molar-refractivity contribution >= 4 is 0 Å². The van der Waals surface area contributed by atoms with Crippen LogP contribution >= 0.6 is 0 Å². The first-order valence-electron chi connectivity index (χ1n) is 14.4. The van der Waals surface area contributed by atoms with Crippen LogP contribution in [0.3, 0.4) is 0 Å². The second-order valence-corrected chi connectivity index (χ2v) is 12.3. The summed E-state index contributed by atoms with van der Waals surface area (Å²) in [6, 6.07) is 0. The van der Waals surface area contributed by atoms with Crippen LogP contribution in [0.5, 0.6) is 0 Å². The van der Waals surface area contributed by atoms with Crippen LogP contribution in [0.4, 0.5) is 0 Å². The average molecular weight is 489 g/mol. The van der Waals surface area contributed by atoms with Crippen molar-refractivity contribution in [1.82, 2.24) is 0 Å². The van der Waals surface area contributed by atoms with Crippen LogP contribution in [0.1, 0.15) is 111 Å². The molecule has 7 atom stereocenters. The summed E-state index contributed by atoms with van der Waals surface area (Å²) in [4.78, 5) is 0. The molecule has 35 heavy (non-hydrogen) atoms. The number of aliphatic hydroxyl groups is 4. The molecule has 3 rings (SSSR count). The Kier molecular flexibility index (Phi) is 9.87. The molecule has 0 aromatic rings. The van der Waals surface area contributed by atoms with E-state index in [-0.39, 0.29) is 17.4 Å². The summed E-state index contributed by atoms with van der Waals surface area (Å²) in [7, 11) is 0. The summed E-state index contributed by atoms with van der Waals surface area (Å²) in [6.45, 7) is 12.9. The molecule has 3 saturated carbocycles. The first-order valence-corrected chi connectivity index (χ1v) is 14.4. The van der Waals surface area contributed by atoms with E-state index in [1.54, 1.807) is 0 Å². The van der Waals surface area contributed by atoms with E-state index < -0.39 is 17.8 Å². The number of allylic oxidation sites excluding steroid dienone is 3. The molecule has 0 unspecified atom stereocenters. The third kappa shape index (κ3) is 6.50. The zero-order valence-corrected chi connectivity index (χ0v) is 22.8. The van der Waals surface area contributed by atoms with Gasteiger partial charge in [-0.25, -0.2) is 0 Å². The molecular formula is C31H52O4. The molecular weight excluding hydrogens is 436 g/mol. The van der Waals surface area contributed by atoms with E-state index in [0.29, 0.717) is 24.7 Å². The minimum absolute atomic E-state index is 0.219. The molecule has 3 aliphatic carbocycles. The molecule has 3 fully saturated rings. The van der Waals surface area contributed by atoms with Gasteiger partial charge in [0.15, 0.2) is 0 Å². The molecule has 0 radical (unpaired) electrons. The van der Waals surface area contributed by atoms with Crippen LogP contribution < -0.4 is 0 Å². The summed E-state index contributed by atoms with van der Waals surface area (Å²) in [5.74, 6) is 1.35. The maximum absolute atomic E-state index is 11.1. The molecule has 0 aliphatic heterocycles. The van der Waals surface area contributed by atoms with Crippen LogP contribution in [0, 0.1) is 23.2 Å². The fourth-order valence-corrected chi connectivity index (χ4v) is 7.55. The van der Waals surface area contributed by atoms with E-state index in [1.807, 2.05) is 0 Å². The highest BCUT2D eigenvalue weighted by Crippen LogP contribution is 2.60. The lowest BCUT2D eigenvalue weighted by Crippen LogP contribution is -2.39. The zero-order chi connectivity index (χ0) is 25.8. The van der Waals surface area contributed by atoms with Crippen molar-refractivity contribution in [2.45, 2.75) is 135 Å². The number of hydrogen-bond acceptors (Lipinski definition) is 4. The van der Waals surface area contributed by atoms with Gasteiger partial charge in [-0.1, -0.05) is 64.8 Å². The first-order chi connectivity index (χ1) is 16.5. The summed E-state index contributed by atoms with van der Waals surface area (Å²) in [5.41, 5.74) is 2.91. The fraction of sp³-hybridized carbons (Fsp3) is 0.806. The summed E-state index contributed by atoms with van der Waals surface area (Å²) in [6.07, 6.45) is 15.0. The molecule has 0 spiro atoms. The lowest BCUT2D eigenvalue weighted by molar-refractivity contribution is 0.00842. The van der Waals surface area contributed by atoms with Gasteiger partial charge >= 0.3 is 0 Å². The minimum atomic E-state index is -0.643. The minimum Gasteiger partial charge on any atom is -0.393 e. The van der Waals surface area contributed by atoms with Gasteiger partial charge in [0.2, 0.25) is 0 Å². The SMILES string of the molecule is C=C1/C(=C\C=C2/CCC[C@]3(C)[C@@H]([C@H](C)[C@@H](O)CCCCC(O)(CC)CC)CC[C@@H]23)C[C@@H](O)C[C@@H]1O. The Balaban J connectivity index is 1.62. The highest BCUT2D eigenvalue weighted by molar-refractivity contribution is 5.38. The van der Waals surface area contributed by atoms with Crippen molar-refractivity contribution in [2.75, 3.05) is 0 Å². The summed E-state index contributed by atoms with van der Waals surface area (Å²) < 4.78 is 0. The molecule has 4 heteroatoms. The Morgan fingerprint density at radius 1 is 1.14 bits per heavy atom. The Bertz CT molecular complexity index is 779. The third-order valence-corrected chi connectivity index (χ3v) is 10.3. The molecule has 4 nitrogen and oxygen atoms in total. The normalized spacial score (nSPS) is 35.9. The van der Waals surface area contributed by atoms with Crippen molar-refractivity contribution in [3.05, 3.63) is 35.5 Å². The zero-order valence-electron chi connectivity index (χ0n) is 22.8. The van der Waals surface area contributed by atoms with Crippen molar-refractivity contribution in [3.63, 3.8) is 0 Å². The number of unbranched alkanes of at least 4 members (excludes halogenated alkanes) is 1. The Morgan fingerprint density at radius 2 is 1.86 bits per heavy atom. The number of fused-ring (bicyclic) bond motifs is 1. The lowest BCUT2D eigenvalue weighted by Gasteiger charge is -2.45. The van der Waals surface area contributed by atoms with Crippen LogP contribution in [-0.2, 0) is 0 Å². The average Bonchev–Trinajstić information content (AvgIpc) is 3.19. The number of aliphatic hydroxyl groups excluding tert-OH is 3. The predicted molar refractivity (Wildman–Crippen MR) is 144 cm³/mol. The molecule has 0 aromatic carbocycles. The highest BCUT2D eigenvalue weighted by Gasteiger charge is 2.51. The van der Waals surface area contributed by atoms with Gasteiger partial charge in [-0.3, -0.25) is 0 Å². The lowest BCUT2D eigenvalue weighted by atomic mass is 9.60. The van der Waals surface area contributed by atoms with E-state index in [0.717, 1.165) is 56.1 Å². The van der Waals surface area contributed by atoms with E-state index in [9.17, 15) is 20.4 Å². The molecule has 0 heterocycles. The second kappa shape index (κ2) is 12.1. The van der Waals surface area contributed by atoms with Gasteiger partial charge in [-0.15, -0.1) is 0 Å². The van der Waals surface area contributed by atoms with Gasteiger partial charge in [-0.05, 0) is 98.5 Å². The molecule has 3 aliphatic rings. The van der Waals surface area contributed by atoms with Gasteiger partial charge < -0.3 is 20.4 Å². The standard InChI is InChI=1S/C31H52O4/c1-6-31(35,7-2)18-9-8-12-28(33)22(4)26-15-16-27-23(11-10-17-30(26,27)5)13-14-24-19-25(32)20-29(34)21(24)3/h13-14,22,25-29,32-35H,3,6-12,15-20H2,1-2,4-5H3/b23-13+,24-14-/t22-,25+,26+,27-,28-,29-,30+/m0/s1. The van der Waals surface area contributed by atoms with Crippen molar-refractivity contribution in [1.29, 1.82) is 0 Å². The van der Waals surface area contributed by atoms with Crippen LogP contribution in [-0.4, -0.2) is 44.3 Å². The smallest absolute Gasteiger partial charge is 0.0811 e. The van der Waals surface area contributed by atoms with Crippen LogP contribution in [0.25, 0.3) is 0 Å². The maximum atomic E-state index is 11.1. The predicted octanol–water partition coefficient (Wildman–Crippen LogP) is 6.24. The van der Waals surface area contributed by atoms with Gasteiger partial charge in [0.25, 0.3) is 0 Å². The van der Waals surface area contributed by atoms with Crippen molar-refractivity contribution in [2.24, 2.45) is 23.2 Å². The van der Waals surface area contributed by atoms with Crippen LogP contribution in [0.2, 0.25) is 0 Å². The van der Waals surface area contributed by atoms with Gasteiger partial charge in [0, 0.05) is 6.42 Å².